The lowest BCUT2D eigenvalue weighted by Gasteiger charge is -2.06. The number of rotatable bonds is 4. The average Bonchev–Trinajstić information content (AvgIpc) is 3.18. The van der Waals surface area contributed by atoms with Crippen LogP contribution in [0.2, 0.25) is 0 Å². The van der Waals surface area contributed by atoms with Crippen LogP contribution in [0.4, 0.5) is 0 Å². The van der Waals surface area contributed by atoms with Crippen LogP contribution >= 0.6 is 11.3 Å². The zero-order valence-electron chi connectivity index (χ0n) is 15.6. The highest BCUT2D eigenvalue weighted by atomic mass is 32.1. The van der Waals surface area contributed by atoms with Crippen molar-refractivity contribution < 1.29 is 9.84 Å². The first-order valence-electron chi connectivity index (χ1n) is 9.35. The van der Waals surface area contributed by atoms with Gasteiger partial charge in [0.25, 0.3) is 0 Å². The van der Waals surface area contributed by atoms with E-state index in [0.717, 1.165) is 11.3 Å². The summed E-state index contributed by atoms with van der Waals surface area (Å²) >= 11 is 0.910. The number of hydrogen-bond donors (Lipinski definition) is 1. The van der Waals surface area contributed by atoms with Crippen molar-refractivity contribution in [1.82, 2.24) is 0 Å². The lowest BCUT2D eigenvalue weighted by Crippen LogP contribution is -2.15. The van der Waals surface area contributed by atoms with E-state index in [0.29, 0.717) is 12.2 Å². The molecule has 5 aromatic rings. The van der Waals surface area contributed by atoms with Crippen molar-refractivity contribution in [3.63, 3.8) is 0 Å². The van der Waals surface area contributed by atoms with Crippen LogP contribution in [0.15, 0.2) is 61.6 Å². The highest BCUT2D eigenvalue weighted by Crippen LogP contribution is 2.29. The van der Waals surface area contributed by atoms with Crippen molar-refractivity contribution in [1.29, 1.82) is 0 Å². The molecule has 5 rings (SSSR count). The van der Waals surface area contributed by atoms with Crippen LogP contribution in [0.25, 0.3) is 41.7 Å². The number of fused-ring (bicyclic) bond motifs is 5. The maximum absolute atomic E-state index is 13.3. The predicted molar refractivity (Wildman–Crippen MR) is 119 cm³/mol. The fourth-order valence-corrected chi connectivity index (χ4v) is 5.03. The molecule has 148 valence electrons. The van der Waals surface area contributed by atoms with Gasteiger partial charge >= 0.3 is 0 Å². The van der Waals surface area contributed by atoms with Crippen molar-refractivity contribution in [3.8, 4) is 5.75 Å². The van der Waals surface area contributed by atoms with E-state index in [-0.39, 0.29) is 65.8 Å². The summed E-state index contributed by atoms with van der Waals surface area (Å²) in [6.45, 7) is 0.241. The van der Waals surface area contributed by atoms with Crippen molar-refractivity contribution in [2.75, 3.05) is 13.2 Å². The second-order valence-corrected chi connectivity index (χ2v) is 8.03. The molecule has 30 heavy (non-hydrogen) atoms. The lowest BCUT2D eigenvalue weighted by atomic mass is 10.0. The Kier molecular flexibility index (Phi) is 4.23. The largest absolute Gasteiger partial charge is 0.493 e. The molecule has 0 aliphatic heterocycles. The third-order valence-corrected chi connectivity index (χ3v) is 6.43. The van der Waals surface area contributed by atoms with Gasteiger partial charge < -0.3 is 9.84 Å². The van der Waals surface area contributed by atoms with Gasteiger partial charge in [-0.2, -0.15) is 0 Å². The van der Waals surface area contributed by atoms with Crippen molar-refractivity contribution >= 4 is 53.1 Å². The molecule has 1 N–H and O–H groups in total. The third-order valence-electron chi connectivity index (χ3n) is 5.24. The Hall–Kier alpha value is -3.42. The molecule has 6 nitrogen and oxygen atoms in total. The van der Waals surface area contributed by atoms with Gasteiger partial charge in [-0.15, -0.1) is 11.3 Å². The molecule has 0 atom stereocenters. The molecule has 0 spiro atoms. The third kappa shape index (κ3) is 2.52. The van der Waals surface area contributed by atoms with Crippen LogP contribution in [0.3, 0.4) is 0 Å². The van der Waals surface area contributed by atoms with Gasteiger partial charge in [0.05, 0.1) is 26.8 Å². The molecule has 0 saturated carbocycles. The molecule has 0 saturated heterocycles. The minimum absolute atomic E-state index is 0.00728. The van der Waals surface area contributed by atoms with Gasteiger partial charge in [-0.05, 0) is 18.2 Å². The van der Waals surface area contributed by atoms with Crippen LogP contribution in [-0.4, -0.2) is 18.3 Å². The molecular weight excluding hydrogens is 404 g/mol. The van der Waals surface area contributed by atoms with Gasteiger partial charge in [-0.1, -0.05) is 24.3 Å². The van der Waals surface area contributed by atoms with E-state index in [9.17, 15) is 19.2 Å². The molecule has 0 aliphatic carbocycles. The number of hydrogen-bond acceptors (Lipinski definition) is 7. The Bertz CT molecular complexity index is 1690. The number of ether oxygens (including phenoxy) is 1. The number of thiophene rings is 1. The number of benzene rings is 4. The molecule has 0 amide bonds. The molecule has 4 aromatic carbocycles. The second kappa shape index (κ2) is 6.83. The maximum Gasteiger partial charge on any atom is 0.204 e. The molecule has 0 fully saturated rings. The SMILES string of the molecule is O=c1c2ccccc2c(=O)c2c1sc1c(=O)c3ccc(OCCCO)cc3c(=O)c12. The average molecular weight is 418 g/mol. The van der Waals surface area contributed by atoms with Crippen LogP contribution < -0.4 is 26.5 Å². The summed E-state index contributed by atoms with van der Waals surface area (Å²) in [5.41, 5.74) is -1.62. The molecule has 0 unspecified atom stereocenters. The first kappa shape index (κ1) is 18.6. The number of aliphatic hydroxyl groups excluding tert-OH is 1. The van der Waals surface area contributed by atoms with E-state index in [1.54, 1.807) is 30.3 Å². The highest BCUT2D eigenvalue weighted by molar-refractivity contribution is 7.25. The standard InChI is InChI=1S/C23H14O6S/c24-8-3-9-29-11-6-7-14-15(10-11)19(26)17-16-18(25)12-4-1-2-5-13(12)20(27)22(16)30-23(17)21(14)28/h1-2,4-7,10,24H,3,8-9H2. The molecular formula is C23H14O6S. The van der Waals surface area contributed by atoms with Crippen LogP contribution in [0.1, 0.15) is 6.42 Å². The summed E-state index contributed by atoms with van der Waals surface area (Å²) in [5.74, 6) is 0.392. The zero-order valence-corrected chi connectivity index (χ0v) is 16.4. The summed E-state index contributed by atoms with van der Waals surface area (Å²) in [7, 11) is 0. The normalized spacial score (nSPS) is 11.8. The first-order valence-corrected chi connectivity index (χ1v) is 10.2. The molecule has 0 aliphatic rings. The number of aliphatic hydroxyl groups is 1. The maximum atomic E-state index is 13.3. The fourth-order valence-electron chi connectivity index (χ4n) is 3.83. The van der Waals surface area contributed by atoms with Gasteiger partial charge in [-0.3, -0.25) is 19.2 Å². The smallest absolute Gasteiger partial charge is 0.204 e. The molecule has 0 radical (unpaired) electrons. The van der Waals surface area contributed by atoms with Gasteiger partial charge in [0.2, 0.25) is 10.9 Å². The van der Waals surface area contributed by atoms with Gasteiger partial charge in [0.15, 0.2) is 10.9 Å². The predicted octanol–water partition coefficient (Wildman–Crippen LogP) is 2.44. The van der Waals surface area contributed by atoms with Crippen LogP contribution in [0.5, 0.6) is 5.75 Å². The van der Waals surface area contributed by atoms with E-state index >= 15 is 0 Å². The summed E-state index contributed by atoms with van der Waals surface area (Å²) < 4.78 is 5.78. The van der Waals surface area contributed by atoms with E-state index in [1.165, 1.54) is 12.1 Å². The van der Waals surface area contributed by atoms with Crippen molar-refractivity contribution in [3.05, 3.63) is 83.4 Å². The Morgan fingerprint density at radius 3 is 1.93 bits per heavy atom. The Morgan fingerprint density at radius 1 is 0.733 bits per heavy atom. The summed E-state index contributed by atoms with van der Waals surface area (Å²) in [5, 5.41) is 9.81. The lowest BCUT2D eigenvalue weighted by molar-refractivity contribution is 0.234. The monoisotopic (exact) mass is 418 g/mol. The zero-order chi connectivity index (χ0) is 21.0. The van der Waals surface area contributed by atoms with E-state index in [1.807, 2.05) is 0 Å². The van der Waals surface area contributed by atoms with Crippen molar-refractivity contribution in [2.45, 2.75) is 6.42 Å². The van der Waals surface area contributed by atoms with Gasteiger partial charge in [0, 0.05) is 34.6 Å². The molecule has 0 bridgehead atoms. The minimum Gasteiger partial charge on any atom is -0.493 e. The molecule has 7 heteroatoms. The van der Waals surface area contributed by atoms with Crippen molar-refractivity contribution in [2.24, 2.45) is 0 Å². The Labute approximate surface area is 171 Å². The highest BCUT2D eigenvalue weighted by Gasteiger charge is 2.22. The molecule has 1 heterocycles. The van der Waals surface area contributed by atoms with Crippen LogP contribution in [-0.2, 0) is 0 Å². The Morgan fingerprint density at radius 2 is 1.30 bits per heavy atom. The summed E-state index contributed by atoms with van der Waals surface area (Å²) in [6, 6.07) is 11.0. The van der Waals surface area contributed by atoms with Gasteiger partial charge in [-0.25, -0.2) is 0 Å². The van der Waals surface area contributed by atoms with Gasteiger partial charge in [0.1, 0.15) is 5.75 Å². The second-order valence-electron chi connectivity index (χ2n) is 7.01. The fraction of sp³-hybridized carbons (Fsp3) is 0.130. The molecule has 1 aromatic heterocycles. The summed E-state index contributed by atoms with van der Waals surface area (Å²) in [6.07, 6.45) is 0.433. The Balaban J connectivity index is 1.94. The van der Waals surface area contributed by atoms with E-state index in [2.05, 4.69) is 0 Å². The quantitative estimate of drug-likeness (QED) is 0.450. The topological polar surface area (TPSA) is 97.7 Å². The first-order chi connectivity index (χ1) is 14.5. The van der Waals surface area contributed by atoms with Crippen LogP contribution in [0, 0.1) is 0 Å². The summed E-state index contributed by atoms with van der Waals surface area (Å²) in [4.78, 5) is 52.5. The van der Waals surface area contributed by atoms with E-state index in [4.69, 9.17) is 9.84 Å². The van der Waals surface area contributed by atoms with E-state index < -0.39 is 10.9 Å². The minimum atomic E-state index is -0.467.